The first-order valence-electron chi connectivity index (χ1n) is 5.56. The van der Waals surface area contributed by atoms with E-state index in [1.54, 1.807) is 41.7 Å². The standard InChI is InChI=1S/C14H11FOS2/c1-8-2-3-9(6-10(8)15)14(16)13-7-12-11(18-13)4-5-17-12/h2-7,14,16H,1H3. The summed E-state index contributed by atoms with van der Waals surface area (Å²) in [6.45, 7) is 1.71. The number of fused-ring (bicyclic) bond motifs is 1. The van der Waals surface area contributed by atoms with Gasteiger partial charge in [-0.2, -0.15) is 0 Å². The van der Waals surface area contributed by atoms with Crippen LogP contribution in [0.3, 0.4) is 0 Å². The molecule has 4 heteroatoms. The summed E-state index contributed by atoms with van der Waals surface area (Å²) in [5, 5.41) is 12.3. The van der Waals surface area contributed by atoms with Gasteiger partial charge in [0, 0.05) is 14.3 Å². The quantitative estimate of drug-likeness (QED) is 0.732. The summed E-state index contributed by atoms with van der Waals surface area (Å²) >= 11 is 3.21. The van der Waals surface area contributed by atoms with Crippen molar-refractivity contribution in [1.82, 2.24) is 0 Å². The first kappa shape index (κ1) is 11.8. The summed E-state index contributed by atoms with van der Waals surface area (Å²) in [5.74, 6) is -0.273. The summed E-state index contributed by atoms with van der Waals surface area (Å²) in [4.78, 5) is 0.861. The van der Waals surface area contributed by atoms with Gasteiger partial charge in [-0.15, -0.1) is 22.7 Å². The fraction of sp³-hybridized carbons (Fsp3) is 0.143. The smallest absolute Gasteiger partial charge is 0.126 e. The topological polar surface area (TPSA) is 20.2 Å². The molecule has 0 amide bonds. The van der Waals surface area contributed by atoms with Gasteiger partial charge >= 0.3 is 0 Å². The molecule has 0 saturated heterocycles. The summed E-state index contributed by atoms with van der Waals surface area (Å²) in [7, 11) is 0. The largest absolute Gasteiger partial charge is 0.383 e. The Balaban J connectivity index is 2.00. The Hall–Kier alpha value is -1.23. The molecular weight excluding hydrogens is 267 g/mol. The first-order valence-corrected chi connectivity index (χ1v) is 7.26. The van der Waals surface area contributed by atoms with E-state index in [4.69, 9.17) is 0 Å². The number of rotatable bonds is 2. The number of thiophene rings is 2. The lowest BCUT2D eigenvalue weighted by molar-refractivity contribution is 0.223. The fourth-order valence-corrected chi connectivity index (χ4v) is 4.00. The van der Waals surface area contributed by atoms with Gasteiger partial charge in [0.1, 0.15) is 11.9 Å². The molecule has 2 heterocycles. The molecule has 3 aromatic rings. The fourth-order valence-electron chi connectivity index (χ4n) is 1.86. The normalized spacial score (nSPS) is 13.1. The van der Waals surface area contributed by atoms with Gasteiger partial charge in [-0.25, -0.2) is 4.39 Å². The third kappa shape index (κ3) is 1.96. The van der Waals surface area contributed by atoms with Crippen LogP contribution < -0.4 is 0 Å². The highest BCUT2D eigenvalue weighted by molar-refractivity contribution is 7.26. The summed E-state index contributed by atoms with van der Waals surface area (Å²) in [6.07, 6.45) is -0.746. The Morgan fingerprint density at radius 2 is 2.00 bits per heavy atom. The third-order valence-corrected chi connectivity index (χ3v) is 5.09. The van der Waals surface area contributed by atoms with Crippen molar-refractivity contribution in [3.8, 4) is 0 Å². The van der Waals surface area contributed by atoms with Gasteiger partial charge in [0.25, 0.3) is 0 Å². The van der Waals surface area contributed by atoms with Crippen molar-refractivity contribution in [3.05, 3.63) is 57.5 Å². The minimum atomic E-state index is -0.746. The zero-order chi connectivity index (χ0) is 12.7. The average molecular weight is 278 g/mol. The third-order valence-electron chi connectivity index (χ3n) is 2.94. The monoisotopic (exact) mass is 278 g/mol. The van der Waals surface area contributed by atoms with Gasteiger partial charge in [-0.3, -0.25) is 0 Å². The van der Waals surface area contributed by atoms with Gasteiger partial charge in [-0.1, -0.05) is 12.1 Å². The summed E-state index contributed by atoms with van der Waals surface area (Å²) < 4.78 is 15.8. The molecule has 3 rings (SSSR count). The maximum atomic E-state index is 13.5. The lowest BCUT2D eigenvalue weighted by Crippen LogP contribution is -1.98. The van der Waals surface area contributed by atoms with Crippen molar-refractivity contribution < 1.29 is 9.50 Å². The van der Waals surface area contributed by atoms with Crippen molar-refractivity contribution in [2.45, 2.75) is 13.0 Å². The van der Waals surface area contributed by atoms with E-state index in [9.17, 15) is 9.50 Å². The predicted octanol–water partition coefficient (Wildman–Crippen LogP) is 4.49. The first-order chi connectivity index (χ1) is 8.65. The van der Waals surface area contributed by atoms with Crippen LogP contribution in [0.15, 0.2) is 35.7 Å². The Kier molecular flexibility index (Phi) is 2.93. The average Bonchev–Trinajstić information content (AvgIpc) is 2.92. The Morgan fingerprint density at radius 3 is 2.72 bits per heavy atom. The molecule has 0 radical (unpaired) electrons. The maximum absolute atomic E-state index is 13.5. The molecule has 1 N–H and O–H groups in total. The molecule has 92 valence electrons. The van der Waals surface area contributed by atoms with E-state index in [2.05, 4.69) is 0 Å². The molecule has 1 atom stereocenters. The van der Waals surface area contributed by atoms with Crippen LogP contribution in [0.2, 0.25) is 0 Å². The molecule has 0 aliphatic carbocycles. The molecule has 0 bridgehead atoms. The van der Waals surface area contributed by atoms with Gasteiger partial charge in [0.2, 0.25) is 0 Å². The zero-order valence-corrected chi connectivity index (χ0v) is 11.3. The number of hydrogen-bond donors (Lipinski definition) is 1. The van der Waals surface area contributed by atoms with Crippen molar-refractivity contribution in [2.75, 3.05) is 0 Å². The molecule has 0 fully saturated rings. The summed E-state index contributed by atoms with van der Waals surface area (Å²) in [5.41, 5.74) is 1.20. The molecule has 0 spiro atoms. The second-order valence-electron chi connectivity index (χ2n) is 4.21. The highest BCUT2D eigenvalue weighted by atomic mass is 32.1. The van der Waals surface area contributed by atoms with Gasteiger partial charge in [-0.05, 0) is 41.6 Å². The minimum absolute atomic E-state index is 0.273. The van der Waals surface area contributed by atoms with Crippen LogP contribution in [0.4, 0.5) is 4.39 Å². The lowest BCUT2D eigenvalue weighted by Gasteiger charge is -2.09. The van der Waals surface area contributed by atoms with Gasteiger partial charge < -0.3 is 5.11 Å². The van der Waals surface area contributed by atoms with E-state index in [0.29, 0.717) is 11.1 Å². The second kappa shape index (κ2) is 4.46. The van der Waals surface area contributed by atoms with E-state index in [1.807, 2.05) is 17.5 Å². The molecule has 2 aromatic heterocycles. The number of benzene rings is 1. The molecule has 0 aliphatic rings. The number of hydrogen-bond acceptors (Lipinski definition) is 3. The molecule has 1 nitrogen and oxygen atoms in total. The van der Waals surface area contributed by atoms with Gasteiger partial charge in [0.05, 0.1) is 0 Å². The van der Waals surface area contributed by atoms with E-state index < -0.39 is 6.10 Å². The summed E-state index contributed by atoms with van der Waals surface area (Å²) in [6, 6.07) is 8.90. The van der Waals surface area contributed by atoms with Crippen LogP contribution in [-0.4, -0.2) is 5.11 Å². The Labute approximate surface area is 112 Å². The Morgan fingerprint density at radius 1 is 1.17 bits per heavy atom. The van der Waals surface area contributed by atoms with Crippen molar-refractivity contribution in [1.29, 1.82) is 0 Å². The molecule has 1 unspecified atom stereocenters. The molecule has 18 heavy (non-hydrogen) atoms. The van der Waals surface area contributed by atoms with Crippen LogP contribution >= 0.6 is 22.7 Å². The minimum Gasteiger partial charge on any atom is -0.383 e. The van der Waals surface area contributed by atoms with E-state index in [0.717, 1.165) is 4.88 Å². The van der Waals surface area contributed by atoms with E-state index in [-0.39, 0.29) is 5.82 Å². The highest BCUT2D eigenvalue weighted by Crippen LogP contribution is 2.35. The molecular formula is C14H11FOS2. The van der Waals surface area contributed by atoms with Crippen LogP contribution in [0.1, 0.15) is 22.1 Å². The lowest BCUT2D eigenvalue weighted by atomic mass is 10.1. The van der Waals surface area contributed by atoms with E-state index >= 15 is 0 Å². The molecule has 0 aliphatic heterocycles. The number of aryl methyl sites for hydroxylation is 1. The Bertz CT molecular complexity index is 670. The maximum Gasteiger partial charge on any atom is 0.126 e. The van der Waals surface area contributed by atoms with Crippen LogP contribution in [-0.2, 0) is 0 Å². The van der Waals surface area contributed by atoms with Crippen molar-refractivity contribution in [3.63, 3.8) is 0 Å². The number of halogens is 1. The van der Waals surface area contributed by atoms with Crippen LogP contribution in [0.25, 0.3) is 9.40 Å². The molecule has 0 saturated carbocycles. The van der Waals surface area contributed by atoms with E-state index in [1.165, 1.54) is 15.5 Å². The second-order valence-corrected chi connectivity index (χ2v) is 6.27. The highest BCUT2D eigenvalue weighted by Gasteiger charge is 2.15. The molecule has 1 aromatic carbocycles. The van der Waals surface area contributed by atoms with Crippen LogP contribution in [0, 0.1) is 12.7 Å². The van der Waals surface area contributed by atoms with Crippen LogP contribution in [0.5, 0.6) is 0 Å². The van der Waals surface area contributed by atoms with Crippen molar-refractivity contribution >= 4 is 32.1 Å². The van der Waals surface area contributed by atoms with Crippen molar-refractivity contribution in [2.24, 2.45) is 0 Å². The van der Waals surface area contributed by atoms with Gasteiger partial charge in [0.15, 0.2) is 0 Å². The SMILES string of the molecule is Cc1ccc(C(O)c2cc3sccc3s2)cc1F. The zero-order valence-electron chi connectivity index (χ0n) is 9.68. The number of aliphatic hydroxyl groups excluding tert-OH is 1. The predicted molar refractivity (Wildman–Crippen MR) is 74.9 cm³/mol. The number of aliphatic hydroxyl groups is 1.